The van der Waals surface area contributed by atoms with E-state index in [4.69, 9.17) is 9.84 Å². The van der Waals surface area contributed by atoms with Crippen molar-refractivity contribution in [2.24, 2.45) is 11.8 Å². The highest BCUT2D eigenvalue weighted by Gasteiger charge is 2.42. The molecule has 0 aromatic carbocycles. The van der Waals surface area contributed by atoms with Crippen molar-refractivity contribution in [1.82, 2.24) is 5.32 Å². The molecule has 0 spiro atoms. The van der Waals surface area contributed by atoms with Gasteiger partial charge in [-0.1, -0.05) is 19.3 Å². The molecule has 0 heterocycles. The third kappa shape index (κ3) is 3.08. The highest BCUT2D eigenvalue weighted by atomic mass is 16.5. The van der Waals surface area contributed by atoms with E-state index in [9.17, 15) is 9.59 Å². The zero-order valence-electron chi connectivity index (χ0n) is 11.5. The van der Waals surface area contributed by atoms with Crippen molar-refractivity contribution >= 4 is 11.9 Å². The molecule has 0 radical (unpaired) electrons. The van der Waals surface area contributed by atoms with Crippen LogP contribution in [-0.2, 0) is 14.3 Å². The van der Waals surface area contributed by atoms with Gasteiger partial charge in [-0.3, -0.25) is 9.59 Å². The van der Waals surface area contributed by atoms with E-state index in [2.05, 4.69) is 5.32 Å². The highest BCUT2D eigenvalue weighted by molar-refractivity contribution is 5.86. The van der Waals surface area contributed by atoms with Crippen LogP contribution < -0.4 is 5.32 Å². The second-order valence-electron chi connectivity index (χ2n) is 5.79. The molecule has 5 nitrogen and oxygen atoms in total. The highest BCUT2D eigenvalue weighted by Crippen LogP contribution is 2.35. The van der Waals surface area contributed by atoms with Gasteiger partial charge in [-0.25, -0.2) is 0 Å². The van der Waals surface area contributed by atoms with Crippen LogP contribution in [0.4, 0.5) is 0 Å². The fourth-order valence-corrected chi connectivity index (χ4v) is 3.14. The molecule has 1 amide bonds. The summed E-state index contributed by atoms with van der Waals surface area (Å²) in [5, 5.41) is 11.9. The Morgan fingerprint density at radius 3 is 2.32 bits per heavy atom. The van der Waals surface area contributed by atoms with E-state index < -0.39 is 11.9 Å². The Balaban J connectivity index is 1.84. The summed E-state index contributed by atoms with van der Waals surface area (Å²) in [5.41, 5.74) is -0.240. The van der Waals surface area contributed by atoms with Crippen LogP contribution in [0, 0.1) is 11.8 Å². The van der Waals surface area contributed by atoms with Gasteiger partial charge in [0.05, 0.1) is 17.4 Å². The standard InChI is InChI=1S/C14H23NO4/c1-19-14(7-3-2-4-8-14)9-15-12(16)10-5-6-11(10)13(17)18/h10-11H,2-9H2,1H3,(H,15,16)(H,17,18). The van der Waals surface area contributed by atoms with E-state index in [0.29, 0.717) is 19.4 Å². The Morgan fingerprint density at radius 1 is 1.21 bits per heavy atom. The second kappa shape index (κ2) is 5.90. The zero-order valence-corrected chi connectivity index (χ0v) is 11.5. The van der Waals surface area contributed by atoms with Gasteiger partial charge in [-0.05, 0) is 25.7 Å². The van der Waals surface area contributed by atoms with Gasteiger partial charge in [0.15, 0.2) is 0 Å². The summed E-state index contributed by atoms with van der Waals surface area (Å²) in [4.78, 5) is 22.9. The lowest BCUT2D eigenvalue weighted by Gasteiger charge is -2.38. The summed E-state index contributed by atoms with van der Waals surface area (Å²) in [6.45, 7) is 0.505. The summed E-state index contributed by atoms with van der Waals surface area (Å²) in [6.07, 6.45) is 6.72. The molecule has 2 aliphatic carbocycles. The molecular weight excluding hydrogens is 246 g/mol. The largest absolute Gasteiger partial charge is 0.481 e. The summed E-state index contributed by atoms with van der Waals surface area (Å²) in [7, 11) is 1.70. The van der Waals surface area contributed by atoms with E-state index in [0.717, 1.165) is 25.7 Å². The molecule has 2 aliphatic rings. The van der Waals surface area contributed by atoms with Crippen LogP contribution in [0.1, 0.15) is 44.9 Å². The second-order valence-corrected chi connectivity index (χ2v) is 5.79. The predicted molar refractivity (Wildman–Crippen MR) is 69.7 cm³/mol. The predicted octanol–water partition coefficient (Wildman–Crippen LogP) is 1.56. The first-order valence-corrected chi connectivity index (χ1v) is 7.14. The molecular formula is C14H23NO4. The van der Waals surface area contributed by atoms with Crippen molar-refractivity contribution in [2.75, 3.05) is 13.7 Å². The molecule has 0 saturated heterocycles. The molecule has 0 bridgehead atoms. The maximum absolute atomic E-state index is 12.0. The average Bonchev–Trinajstić information content (AvgIpc) is 2.35. The number of carboxylic acid groups (broad SMARTS) is 1. The monoisotopic (exact) mass is 269 g/mol. The lowest BCUT2D eigenvalue weighted by molar-refractivity contribution is -0.153. The minimum atomic E-state index is -0.856. The van der Waals surface area contributed by atoms with E-state index in [1.165, 1.54) is 6.42 Å². The number of carboxylic acids is 1. The lowest BCUT2D eigenvalue weighted by atomic mass is 9.73. The Bertz CT molecular complexity index is 349. The van der Waals surface area contributed by atoms with Crippen molar-refractivity contribution < 1.29 is 19.4 Å². The summed E-state index contributed by atoms with van der Waals surface area (Å²) < 4.78 is 5.60. The van der Waals surface area contributed by atoms with Crippen LogP contribution in [0.15, 0.2) is 0 Å². The maximum atomic E-state index is 12.0. The minimum Gasteiger partial charge on any atom is -0.481 e. The Hall–Kier alpha value is -1.10. The number of hydrogen-bond donors (Lipinski definition) is 2. The number of hydrogen-bond acceptors (Lipinski definition) is 3. The number of aliphatic carboxylic acids is 1. The van der Waals surface area contributed by atoms with Crippen LogP contribution in [0.5, 0.6) is 0 Å². The Kier molecular flexibility index (Phi) is 4.45. The molecule has 2 rings (SSSR count). The number of ether oxygens (including phenoxy) is 1. The first kappa shape index (κ1) is 14.3. The van der Waals surface area contributed by atoms with Crippen molar-refractivity contribution in [3.05, 3.63) is 0 Å². The molecule has 108 valence electrons. The molecule has 2 unspecified atom stereocenters. The summed E-state index contributed by atoms with van der Waals surface area (Å²) in [5.74, 6) is -1.83. The summed E-state index contributed by atoms with van der Waals surface area (Å²) in [6, 6.07) is 0. The van der Waals surface area contributed by atoms with Crippen LogP contribution in [0.2, 0.25) is 0 Å². The molecule has 2 saturated carbocycles. The summed E-state index contributed by atoms with van der Waals surface area (Å²) >= 11 is 0. The maximum Gasteiger partial charge on any atom is 0.307 e. The average molecular weight is 269 g/mol. The molecule has 2 fully saturated rings. The van der Waals surface area contributed by atoms with Gasteiger partial charge in [0.2, 0.25) is 5.91 Å². The van der Waals surface area contributed by atoms with Gasteiger partial charge >= 0.3 is 5.97 Å². The normalized spacial score (nSPS) is 29.3. The van der Waals surface area contributed by atoms with Crippen LogP contribution in [0.3, 0.4) is 0 Å². The first-order chi connectivity index (χ1) is 9.08. The molecule has 0 aromatic heterocycles. The van der Waals surface area contributed by atoms with Gasteiger partial charge < -0.3 is 15.2 Å². The molecule has 0 aromatic rings. The number of rotatable bonds is 5. The number of nitrogens with one attached hydrogen (secondary N) is 1. The number of amides is 1. The SMILES string of the molecule is COC1(CNC(=O)C2CCC2C(=O)O)CCCCC1. The molecule has 2 N–H and O–H groups in total. The number of methoxy groups -OCH3 is 1. The molecule has 19 heavy (non-hydrogen) atoms. The van der Waals surface area contributed by atoms with Crippen LogP contribution in [0.25, 0.3) is 0 Å². The van der Waals surface area contributed by atoms with Gasteiger partial charge in [-0.2, -0.15) is 0 Å². The van der Waals surface area contributed by atoms with Gasteiger partial charge in [-0.15, -0.1) is 0 Å². The van der Waals surface area contributed by atoms with Crippen LogP contribution in [-0.4, -0.2) is 36.2 Å². The van der Waals surface area contributed by atoms with Crippen molar-refractivity contribution in [2.45, 2.75) is 50.5 Å². The van der Waals surface area contributed by atoms with Gasteiger partial charge in [0.1, 0.15) is 0 Å². The van der Waals surface area contributed by atoms with Crippen molar-refractivity contribution in [3.63, 3.8) is 0 Å². The van der Waals surface area contributed by atoms with Crippen molar-refractivity contribution in [1.29, 1.82) is 0 Å². The van der Waals surface area contributed by atoms with E-state index in [1.54, 1.807) is 7.11 Å². The fourth-order valence-electron chi connectivity index (χ4n) is 3.14. The van der Waals surface area contributed by atoms with Gasteiger partial charge in [0.25, 0.3) is 0 Å². The fraction of sp³-hybridized carbons (Fsp3) is 0.857. The van der Waals surface area contributed by atoms with Gasteiger partial charge in [0, 0.05) is 13.7 Å². The van der Waals surface area contributed by atoms with Crippen molar-refractivity contribution in [3.8, 4) is 0 Å². The third-order valence-corrected chi connectivity index (χ3v) is 4.71. The number of carbonyl (C=O) groups is 2. The van der Waals surface area contributed by atoms with Crippen LogP contribution >= 0.6 is 0 Å². The Labute approximate surface area is 113 Å². The quantitative estimate of drug-likeness (QED) is 0.794. The minimum absolute atomic E-state index is 0.124. The smallest absolute Gasteiger partial charge is 0.307 e. The van der Waals surface area contributed by atoms with E-state index in [1.807, 2.05) is 0 Å². The van der Waals surface area contributed by atoms with E-state index in [-0.39, 0.29) is 17.4 Å². The molecule has 5 heteroatoms. The van der Waals surface area contributed by atoms with E-state index >= 15 is 0 Å². The zero-order chi connectivity index (χ0) is 13.9. The first-order valence-electron chi connectivity index (χ1n) is 7.14. The third-order valence-electron chi connectivity index (χ3n) is 4.71. The Morgan fingerprint density at radius 2 is 1.84 bits per heavy atom. The molecule has 0 aliphatic heterocycles. The number of carbonyl (C=O) groups excluding carboxylic acids is 1. The lowest BCUT2D eigenvalue weighted by Crippen LogP contribution is -2.50. The molecule has 2 atom stereocenters. The topological polar surface area (TPSA) is 75.6 Å².